The summed E-state index contributed by atoms with van der Waals surface area (Å²) in [5.74, 6) is 2.03. The van der Waals surface area contributed by atoms with E-state index in [1.807, 2.05) is 22.7 Å². The number of ether oxygens (including phenoxy) is 2. The predicted molar refractivity (Wildman–Crippen MR) is 177 cm³/mol. The third kappa shape index (κ3) is 6.34. The Balaban J connectivity index is 1.78. The fourth-order valence-electron chi connectivity index (χ4n) is 5.80. The van der Waals surface area contributed by atoms with Gasteiger partial charge in [-0.25, -0.2) is 0 Å². The minimum absolute atomic E-state index is 0.259. The molecule has 0 aliphatic heterocycles. The second-order valence-corrected chi connectivity index (χ2v) is 12.8. The molecule has 0 spiro atoms. The molecule has 2 heterocycles. The summed E-state index contributed by atoms with van der Waals surface area (Å²) in [6, 6.07) is 13.4. The lowest BCUT2D eigenvalue weighted by Gasteiger charge is -2.22. The highest BCUT2D eigenvalue weighted by Crippen LogP contribution is 2.49. The second-order valence-electron chi connectivity index (χ2n) is 11.0. The van der Waals surface area contributed by atoms with Crippen molar-refractivity contribution in [2.75, 3.05) is 0 Å². The predicted octanol–water partition coefficient (Wildman–Crippen LogP) is 12.0. The van der Waals surface area contributed by atoms with Crippen molar-refractivity contribution in [2.24, 2.45) is 0 Å². The van der Waals surface area contributed by atoms with Crippen LogP contribution in [-0.2, 0) is 0 Å². The van der Waals surface area contributed by atoms with Crippen LogP contribution in [-0.4, -0.2) is 12.2 Å². The molecule has 0 saturated heterocycles. The first-order valence-electron chi connectivity index (χ1n) is 15.0. The molecule has 0 fully saturated rings. The number of hydrogen-bond donors (Lipinski definition) is 0. The van der Waals surface area contributed by atoms with E-state index in [0.29, 0.717) is 0 Å². The summed E-state index contributed by atoms with van der Waals surface area (Å²) in [5.41, 5.74) is 10.2. The number of hydrogen-bond acceptors (Lipinski definition) is 4. The molecule has 2 aromatic heterocycles. The highest BCUT2D eigenvalue weighted by molar-refractivity contribution is 7.21. The molecule has 2 unspecified atom stereocenters. The van der Waals surface area contributed by atoms with Gasteiger partial charge in [-0.15, -0.1) is 22.7 Å². The Hall–Kier alpha value is -2.56. The van der Waals surface area contributed by atoms with Gasteiger partial charge in [0.15, 0.2) is 0 Å². The van der Waals surface area contributed by atoms with Gasteiger partial charge >= 0.3 is 0 Å². The van der Waals surface area contributed by atoms with Crippen LogP contribution in [0.25, 0.3) is 32.0 Å². The molecule has 2 aromatic carbocycles. The monoisotopic (exact) mass is 574 g/mol. The summed E-state index contributed by atoms with van der Waals surface area (Å²) in [5, 5.41) is 4.48. The van der Waals surface area contributed by atoms with Crippen molar-refractivity contribution in [2.45, 2.75) is 106 Å². The van der Waals surface area contributed by atoms with Crippen molar-refractivity contribution in [1.82, 2.24) is 0 Å². The molecular weight excluding hydrogens is 529 g/mol. The molecular formula is C36H46O2S2. The summed E-state index contributed by atoms with van der Waals surface area (Å²) >= 11 is 3.67. The van der Waals surface area contributed by atoms with E-state index >= 15 is 0 Å². The Morgan fingerprint density at radius 3 is 1.32 bits per heavy atom. The first kappa shape index (κ1) is 30.4. The fourth-order valence-corrected chi connectivity index (χ4v) is 7.80. The van der Waals surface area contributed by atoms with Gasteiger partial charge < -0.3 is 9.47 Å². The smallest absolute Gasteiger partial charge is 0.123 e. The largest absolute Gasteiger partial charge is 0.490 e. The van der Waals surface area contributed by atoms with E-state index in [1.165, 1.54) is 54.3 Å². The normalized spacial score (nSPS) is 12.9. The number of aryl methyl sites for hydroxylation is 2. The maximum atomic E-state index is 6.55. The summed E-state index contributed by atoms with van der Waals surface area (Å²) in [4.78, 5) is 2.66. The molecule has 0 bridgehead atoms. The Morgan fingerprint density at radius 1 is 0.575 bits per heavy atom. The molecule has 4 rings (SSSR count). The van der Waals surface area contributed by atoms with Gasteiger partial charge in [0.1, 0.15) is 11.5 Å². The van der Waals surface area contributed by atoms with Gasteiger partial charge in [0.05, 0.1) is 22.0 Å². The third-order valence-corrected chi connectivity index (χ3v) is 10.0. The van der Waals surface area contributed by atoms with E-state index < -0.39 is 0 Å². The molecule has 2 nitrogen and oxygen atoms in total. The van der Waals surface area contributed by atoms with Gasteiger partial charge in [-0.1, -0.05) is 52.7 Å². The van der Waals surface area contributed by atoms with Crippen LogP contribution in [0.5, 0.6) is 11.5 Å². The Morgan fingerprint density at radius 2 is 0.975 bits per heavy atom. The van der Waals surface area contributed by atoms with Crippen molar-refractivity contribution < 1.29 is 9.47 Å². The second kappa shape index (κ2) is 13.9. The molecule has 0 aliphatic rings. The lowest BCUT2D eigenvalue weighted by Crippen LogP contribution is -2.15. The van der Waals surface area contributed by atoms with E-state index in [-0.39, 0.29) is 12.2 Å². The van der Waals surface area contributed by atoms with E-state index in [4.69, 9.17) is 9.47 Å². The zero-order valence-corrected chi connectivity index (χ0v) is 27.3. The average Bonchev–Trinajstić information content (AvgIpc) is 3.61. The molecule has 4 heteroatoms. The van der Waals surface area contributed by atoms with Crippen molar-refractivity contribution in [3.8, 4) is 43.5 Å². The maximum Gasteiger partial charge on any atom is 0.123 e. The summed E-state index contributed by atoms with van der Waals surface area (Å²) in [7, 11) is 0. The quantitative estimate of drug-likeness (QED) is 0.158. The molecule has 40 heavy (non-hydrogen) atoms. The molecule has 214 valence electrons. The van der Waals surface area contributed by atoms with E-state index in [0.717, 1.165) is 50.0 Å². The third-order valence-electron chi connectivity index (χ3n) is 8.04. The van der Waals surface area contributed by atoms with Crippen molar-refractivity contribution in [3.05, 3.63) is 69.4 Å². The van der Waals surface area contributed by atoms with E-state index in [2.05, 4.69) is 103 Å². The zero-order chi connectivity index (χ0) is 28.8. The van der Waals surface area contributed by atoms with E-state index in [1.54, 1.807) is 0 Å². The Kier molecular flexibility index (Phi) is 10.5. The average molecular weight is 575 g/mol. The van der Waals surface area contributed by atoms with Crippen LogP contribution in [0.4, 0.5) is 0 Å². The molecule has 4 aromatic rings. The van der Waals surface area contributed by atoms with Gasteiger partial charge in [0.25, 0.3) is 0 Å². The van der Waals surface area contributed by atoms with Crippen LogP contribution in [0.3, 0.4) is 0 Å². The van der Waals surface area contributed by atoms with Crippen LogP contribution < -0.4 is 9.47 Å². The van der Waals surface area contributed by atoms with Gasteiger partial charge in [0, 0.05) is 11.1 Å². The van der Waals surface area contributed by atoms with Crippen molar-refractivity contribution in [3.63, 3.8) is 0 Å². The summed E-state index contributed by atoms with van der Waals surface area (Å²) in [6.07, 6.45) is 7.00. The van der Waals surface area contributed by atoms with Crippen LogP contribution in [0.15, 0.2) is 47.2 Å². The first-order chi connectivity index (χ1) is 19.3. The van der Waals surface area contributed by atoms with Crippen LogP contribution in [0.2, 0.25) is 0 Å². The summed E-state index contributed by atoms with van der Waals surface area (Å²) in [6.45, 7) is 17.8. The highest BCUT2D eigenvalue weighted by atomic mass is 32.1. The minimum Gasteiger partial charge on any atom is -0.490 e. The maximum absolute atomic E-state index is 6.55. The number of rotatable bonds is 13. The van der Waals surface area contributed by atoms with Crippen LogP contribution >= 0.6 is 22.7 Å². The highest BCUT2D eigenvalue weighted by Gasteiger charge is 2.23. The Labute approximate surface area is 250 Å². The topological polar surface area (TPSA) is 18.5 Å². The molecule has 0 aliphatic carbocycles. The summed E-state index contributed by atoms with van der Waals surface area (Å²) < 4.78 is 13.1. The first-order valence-corrected chi connectivity index (χ1v) is 16.8. The molecule has 0 N–H and O–H groups in total. The van der Waals surface area contributed by atoms with Gasteiger partial charge in [-0.05, 0) is 122 Å². The van der Waals surface area contributed by atoms with E-state index in [9.17, 15) is 0 Å². The number of thiophene rings is 2. The SMILES string of the molecule is CCCC(CC)Oc1ccc(C)c(-c2ccsc2-c2sccc2-c2c(C)ccc(OC(CC)CCC)c2C)c1C. The van der Waals surface area contributed by atoms with Gasteiger partial charge in [-0.2, -0.15) is 0 Å². The lowest BCUT2D eigenvalue weighted by molar-refractivity contribution is 0.184. The minimum atomic E-state index is 0.259. The van der Waals surface area contributed by atoms with Gasteiger partial charge in [0.2, 0.25) is 0 Å². The lowest BCUT2D eigenvalue weighted by atomic mass is 9.92. The molecule has 0 saturated carbocycles. The van der Waals surface area contributed by atoms with Crippen LogP contribution in [0.1, 0.15) is 88.5 Å². The fraction of sp³-hybridized carbons (Fsp3) is 0.444. The standard InChI is InChI=1S/C36H46O2S2/c1-9-13-27(11-3)37-31-17-15-23(5)33(25(31)7)29-19-21-39-35(29)36-30(20-22-40-36)34-24(6)16-18-32(26(34)8)38-28(12-4)14-10-2/h15-22,27-28H,9-14H2,1-8H3. The Bertz CT molecular complexity index is 1300. The van der Waals surface area contributed by atoms with Crippen molar-refractivity contribution >= 4 is 22.7 Å². The van der Waals surface area contributed by atoms with Gasteiger partial charge in [-0.3, -0.25) is 0 Å². The van der Waals surface area contributed by atoms with Crippen molar-refractivity contribution in [1.29, 1.82) is 0 Å². The molecule has 0 radical (unpaired) electrons. The molecule has 2 atom stereocenters. The number of benzene rings is 2. The zero-order valence-electron chi connectivity index (χ0n) is 25.6. The molecule has 0 amide bonds. The van der Waals surface area contributed by atoms with Crippen LogP contribution in [0, 0.1) is 27.7 Å².